The molecule has 0 radical (unpaired) electrons. The number of nitrogens with zero attached hydrogens (tertiary/aromatic N) is 3. The lowest BCUT2D eigenvalue weighted by Gasteiger charge is -2.42. The molecule has 5 aromatic carbocycles. The van der Waals surface area contributed by atoms with Gasteiger partial charge in [-0.25, -0.2) is 9.98 Å². The van der Waals surface area contributed by atoms with Crippen LogP contribution in [0.4, 0.5) is 0 Å². The van der Waals surface area contributed by atoms with Crippen molar-refractivity contribution in [1.82, 2.24) is 9.88 Å². The van der Waals surface area contributed by atoms with Crippen molar-refractivity contribution in [2.45, 2.75) is 70.4 Å². The molecule has 2 heterocycles. The highest BCUT2D eigenvalue weighted by atomic mass is 15.2. The van der Waals surface area contributed by atoms with Crippen LogP contribution in [0.5, 0.6) is 0 Å². The Balaban J connectivity index is 1.19. The molecule has 0 fully saturated rings. The van der Waals surface area contributed by atoms with E-state index in [1.807, 2.05) is 6.07 Å². The van der Waals surface area contributed by atoms with Crippen molar-refractivity contribution in [2.75, 3.05) is 0 Å². The summed E-state index contributed by atoms with van der Waals surface area (Å²) in [6.07, 6.45) is 8.81. The zero-order valence-electron chi connectivity index (χ0n) is 29.9. The summed E-state index contributed by atoms with van der Waals surface area (Å²) in [6, 6.07) is 43.5. The second kappa shape index (κ2) is 12.1. The van der Waals surface area contributed by atoms with Crippen molar-refractivity contribution < 1.29 is 0 Å². The average Bonchev–Trinajstić information content (AvgIpc) is 3.50. The van der Waals surface area contributed by atoms with E-state index >= 15 is 0 Å². The van der Waals surface area contributed by atoms with Crippen LogP contribution in [0.1, 0.15) is 92.2 Å². The maximum Gasteiger partial charge on any atom is 0.169 e. The van der Waals surface area contributed by atoms with E-state index in [1.54, 1.807) is 0 Å². The fraction of sp³-hybridized carbons (Fsp3) is 0.234. The third-order valence-electron chi connectivity index (χ3n) is 11.4. The number of amidine groups is 2. The normalized spacial score (nSPS) is 18.7. The first-order valence-electron chi connectivity index (χ1n) is 18.4. The summed E-state index contributed by atoms with van der Waals surface area (Å²) in [5, 5.41) is 5.00. The molecule has 51 heavy (non-hydrogen) atoms. The van der Waals surface area contributed by atoms with Crippen LogP contribution in [0.3, 0.4) is 0 Å². The molecule has 4 nitrogen and oxygen atoms in total. The SMILES string of the molecule is CC1(C)CCC(C)(C)c2cc3c(cc21)c1c(n3-c2cccc(C3N=C(c4ccccc4)NC(c4cccc(-c5ccccc5)c4)=N3)c2)C=CCC1. The summed E-state index contributed by atoms with van der Waals surface area (Å²) in [6.45, 7) is 9.70. The van der Waals surface area contributed by atoms with Gasteiger partial charge in [-0.15, -0.1) is 0 Å². The zero-order chi connectivity index (χ0) is 34.7. The highest BCUT2D eigenvalue weighted by Gasteiger charge is 2.38. The molecule has 2 aliphatic carbocycles. The fourth-order valence-electron chi connectivity index (χ4n) is 8.36. The van der Waals surface area contributed by atoms with E-state index in [9.17, 15) is 0 Å². The van der Waals surface area contributed by atoms with Gasteiger partial charge in [-0.3, -0.25) is 0 Å². The van der Waals surface area contributed by atoms with Crippen LogP contribution >= 0.6 is 0 Å². The van der Waals surface area contributed by atoms with Gasteiger partial charge in [-0.05, 0) is 101 Å². The van der Waals surface area contributed by atoms with Gasteiger partial charge in [-0.1, -0.05) is 125 Å². The quantitative estimate of drug-likeness (QED) is 0.196. The standard InChI is InChI=1S/C47H44N4/c1-46(2)25-26-47(3,4)40-30-42-38(29-39(40)46)37-23-11-12-24-41(37)51(42)36-22-14-21-35(28-36)45-49-43(32-17-9-6-10-18-32)48-44(50-45)34-20-13-19-33(27-34)31-15-7-5-8-16-31/h5-10,12-22,24,27-30,45H,11,23,25-26H2,1-4H3,(H,48,49,50). The molecule has 0 spiro atoms. The third-order valence-corrected chi connectivity index (χ3v) is 11.4. The number of hydrogen-bond donors (Lipinski definition) is 1. The molecular formula is C47H44N4. The van der Waals surface area contributed by atoms with E-state index in [2.05, 4.69) is 165 Å². The van der Waals surface area contributed by atoms with Gasteiger partial charge in [-0.2, -0.15) is 0 Å². The van der Waals surface area contributed by atoms with Crippen molar-refractivity contribution >= 4 is 28.7 Å². The Morgan fingerprint density at radius 1 is 0.627 bits per heavy atom. The lowest BCUT2D eigenvalue weighted by atomic mass is 9.63. The first kappa shape index (κ1) is 31.5. The van der Waals surface area contributed by atoms with Crippen LogP contribution < -0.4 is 5.32 Å². The Bertz CT molecular complexity index is 2390. The van der Waals surface area contributed by atoms with Gasteiger partial charge < -0.3 is 9.88 Å². The Hall–Kier alpha value is -5.48. The summed E-state index contributed by atoms with van der Waals surface area (Å²) in [5.41, 5.74) is 14.0. The number of aryl methyl sites for hydroxylation is 1. The number of nitrogens with one attached hydrogen (secondary N) is 1. The summed E-state index contributed by atoms with van der Waals surface area (Å²) < 4.78 is 2.50. The molecule has 1 aliphatic heterocycles. The largest absolute Gasteiger partial charge is 0.324 e. The Morgan fingerprint density at radius 3 is 2.00 bits per heavy atom. The summed E-state index contributed by atoms with van der Waals surface area (Å²) >= 11 is 0. The molecule has 0 amide bonds. The highest BCUT2D eigenvalue weighted by molar-refractivity contribution is 6.16. The van der Waals surface area contributed by atoms with E-state index in [-0.39, 0.29) is 10.8 Å². The molecule has 6 aromatic rings. The maximum absolute atomic E-state index is 5.29. The van der Waals surface area contributed by atoms with E-state index in [0.717, 1.165) is 52.5 Å². The van der Waals surface area contributed by atoms with Gasteiger partial charge in [0.15, 0.2) is 6.17 Å². The molecule has 1 atom stereocenters. The minimum absolute atomic E-state index is 0.132. The van der Waals surface area contributed by atoms with Crippen LogP contribution in [-0.4, -0.2) is 16.2 Å². The van der Waals surface area contributed by atoms with Crippen LogP contribution in [0, 0.1) is 0 Å². The molecule has 252 valence electrons. The predicted octanol–water partition coefficient (Wildman–Crippen LogP) is 11.1. The lowest BCUT2D eigenvalue weighted by Crippen LogP contribution is -2.36. The van der Waals surface area contributed by atoms with Crippen molar-refractivity contribution in [3.05, 3.63) is 166 Å². The fourth-order valence-corrected chi connectivity index (χ4v) is 8.36. The van der Waals surface area contributed by atoms with Crippen molar-refractivity contribution in [2.24, 2.45) is 9.98 Å². The highest BCUT2D eigenvalue weighted by Crippen LogP contribution is 2.48. The molecule has 0 saturated carbocycles. The van der Waals surface area contributed by atoms with Crippen LogP contribution in [0.25, 0.3) is 33.8 Å². The lowest BCUT2D eigenvalue weighted by molar-refractivity contribution is 0.332. The molecule has 1 unspecified atom stereocenters. The van der Waals surface area contributed by atoms with Crippen LogP contribution in [0.2, 0.25) is 0 Å². The Kier molecular flexibility index (Phi) is 7.47. The predicted molar refractivity (Wildman–Crippen MR) is 213 cm³/mol. The molecule has 1 aromatic heterocycles. The number of aliphatic imine (C=N–C) groups is 2. The summed E-state index contributed by atoms with van der Waals surface area (Å²) in [5.74, 6) is 1.64. The molecule has 1 N–H and O–H groups in total. The molecule has 9 rings (SSSR count). The first-order valence-corrected chi connectivity index (χ1v) is 18.4. The first-order chi connectivity index (χ1) is 24.7. The monoisotopic (exact) mass is 664 g/mol. The van der Waals surface area contributed by atoms with Gasteiger partial charge in [0.2, 0.25) is 0 Å². The van der Waals surface area contributed by atoms with E-state index in [0.29, 0.717) is 0 Å². The number of rotatable bonds is 5. The molecule has 4 heteroatoms. The van der Waals surface area contributed by atoms with E-state index in [4.69, 9.17) is 9.98 Å². The van der Waals surface area contributed by atoms with Gasteiger partial charge in [0, 0.05) is 33.5 Å². The minimum atomic E-state index is -0.405. The number of benzene rings is 5. The topological polar surface area (TPSA) is 41.7 Å². The van der Waals surface area contributed by atoms with Crippen molar-refractivity contribution in [3.63, 3.8) is 0 Å². The smallest absolute Gasteiger partial charge is 0.169 e. The number of fused-ring (bicyclic) bond motifs is 4. The zero-order valence-corrected chi connectivity index (χ0v) is 29.9. The van der Waals surface area contributed by atoms with Gasteiger partial charge >= 0.3 is 0 Å². The van der Waals surface area contributed by atoms with Crippen LogP contribution in [0.15, 0.2) is 137 Å². The molecule has 3 aliphatic rings. The van der Waals surface area contributed by atoms with Gasteiger partial charge in [0.05, 0.1) is 5.52 Å². The van der Waals surface area contributed by atoms with E-state index < -0.39 is 6.17 Å². The number of hydrogen-bond acceptors (Lipinski definition) is 3. The maximum atomic E-state index is 5.29. The van der Waals surface area contributed by atoms with E-state index in [1.165, 1.54) is 51.7 Å². The number of aromatic nitrogens is 1. The second-order valence-electron chi connectivity index (χ2n) is 15.7. The second-order valence-corrected chi connectivity index (χ2v) is 15.7. The summed E-state index contributed by atoms with van der Waals surface area (Å²) in [7, 11) is 0. The minimum Gasteiger partial charge on any atom is -0.324 e. The van der Waals surface area contributed by atoms with Gasteiger partial charge in [0.1, 0.15) is 11.7 Å². The van der Waals surface area contributed by atoms with Crippen molar-refractivity contribution in [1.29, 1.82) is 0 Å². The molecule has 0 saturated heterocycles. The van der Waals surface area contributed by atoms with Crippen LogP contribution in [-0.2, 0) is 17.3 Å². The van der Waals surface area contributed by atoms with Crippen molar-refractivity contribution in [3.8, 4) is 16.8 Å². The average molecular weight is 665 g/mol. The molecular weight excluding hydrogens is 621 g/mol. The third kappa shape index (κ3) is 5.54. The van der Waals surface area contributed by atoms with Gasteiger partial charge in [0.25, 0.3) is 0 Å². The summed E-state index contributed by atoms with van der Waals surface area (Å²) in [4.78, 5) is 10.5. The number of allylic oxidation sites excluding steroid dienone is 1. The Labute approximate surface area is 301 Å². The molecule has 0 bridgehead atoms. The Morgan fingerprint density at radius 2 is 1.25 bits per heavy atom.